The second kappa shape index (κ2) is 5.86. The average Bonchev–Trinajstić information content (AvgIpc) is 2.18. The third-order valence-corrected chi connectivity index (χ3v) is 2.50. The first-order valence-electron chi connectivity index (χ1n) is 5.54. The molecule has 84 valence electrons. The molecule has 0 aliphatic carbocycles. The van der Waals surface area contributed by atoms with Crippen molar-refractivity contribution >= 4 is 0 Å². The fourth-order valence-corrected chi connectivity index (χ4v) is 1.67. The van der Waals surface area contributed by atoms with Crippen LogP contribution in [0.2, 0.25) is 0 Å². The smallest absolute Gasteiger partial charge is 0.122 e. The second-order valence-corrected chi connectivity index (χ2v) is 4.01. The lowest BCUT2D eigenvalue weighted by molar-refractivity contribution is 0.164. The molecule has 0 saturated heterocycles. The SMILES string of the molecule is CCC[C@H](O)Cc1cccc(C(C)F)c1. The average molecular weight is 210 g/mol. The molecule has 0 aromatic heterocycles. The van der Waals surface area contributed by atoms with Crippen LogP contribution in [-0.4, -0.2) is 11.2 Å². The molecule has 2 heteroatoms. The molecular formula is C13H19FO. The number of alkyl halides is 1. The molecule has 0 aliphatic heterocycles. The molecule has 0 amide bonds. The number of benzene rings is 1. The Morgan fingerprint density at radius 1 is 1.40 bits per heavy atom. The van der Waals surface area contributed by atoms with Crippen LogP contribution >= 0.6 is 0 Å². The van der Waals surface area contributed by atoms with E-state index >= 15 is 0 Å². The highest BCUT2D eigenvalue weighted by Crippen LogP contribution is 2.18. The van der Waals surface area contributed by atoms with E-state index in [0.717, 1.165) is 18.4 Å². The van der Waals surface area contributed by atoms with Crippen LogP contribution in [0.1, 0.15) is 44.0 Å². The quantitative estimate of drug-likeness (QED) is 0.789. The highest BCUT2D eigenvalue weighted by Gasteiger charge is 2.07. The van der Waals surface area contributed by atoms with E-state index in [9.17, 15) is 9.50 Å². The molecule has 0 fully saturated rings. The van der Waals surface area contributed by atoms with Crippen LogP contribution in [0.5, 0.6) is 0 Å². The Labute approximate surface area is 90.9 Å². The molecule has 2 atom stereocenters. The van der Waals surface area contributed by atoms with Crippen LogP contribution in [-0.2, 0) is 6.42 Å². The number of rotatable bonds is 5. The van der Waals surface area contributed by atoms with Crippen molar-refractivity contribution in [2.45, 2.75) is 45.4 Å². The first kappa shape index (κ1) is 12.2. The fourth-order valence-electron chi connectivity index (χ4n) is 1.67. The van der Waals surface area contributed by atoms with Crippen molar-refractivity contribution in [3.8, 4) is 0 Å². The van der Waals surface area contributed by atoms with Gasteiger partial charge in [0.05, 0.1) is 6.10 Å². The summed E-state index contributed by atoms with van der Waals surface area (Å²) in [7, 11) is 0. The monoisotopic (exact) mass is 210 g/mol. The minimum absolute atomic E-state index is 0.305. The maximum Gasteiger partial charge on any atom is 0.122 e. The normalized spacial score (nSPS) is 14.9. The van der Waals surface area contributed by atoms with E-state index in [1.54, 1.807) is 6.07 Å². The van der Waals surface area contributed by atoms with Crippen LogP contribution in [0.15, 0.2) is 24.3 Å². The van der Waals surface area contributed by atoms with Crippen molar-refractivity contribution in [3.05, 3.63) is 35.4 Å². The molecule has 0 aliphatic rings. The van der Waals surface area contributed by atoms with Crippen molar-refractivity contribution in [1.82, 2.24) is 0 Å². The number of hydrogen-bond acceptors (Lipinski definition) is 1. The van der Waals surface area contributed by atoms with Crippen LogP contribution in [0.3, 0.4) is 0 Å². The van der Waals surface area contributed by atoms with E-state index in [4.69, 9.17) is 0 Å². The third kappa shape index (κ3) is 4.00. The third-order valence-electron chi connectivity index (χ3n) is 2.50. The Hall–Kier alpha value is -0.890. The summed E-state index contributed by atoms with van der Waals surface area (Å²) in [6, 6.07) is 7.40. The van der Waals surface area contributed by atoms with E-state index in [1.165, 1.54) is 6.92 Å². The summed E-state index contributed by atoms with van der Waals surface area (Å²) in [5, 5.41) is 9.64. The van der Waals surface area contributed by atoms with Crippen LogP contribution in [0, 0.1) is 0 Å². The molecule has 0 saturated carbocycles. The summed E-state index contributed by atoms with van der Waals surface area (Å²) in [6.45, 7) is 3.57. The van der Waals surface area contributed by atoms with Gasteiger partial charge in [-0.2, -0.15) is 0 Å². The highest BCUT2D eigenvalue weighted by atomic mass is 19.1. The van der Waals surface area contributed by atoms with E-state index in [1.807, 2.05) is 25.1 Å². The van der Waals surface area contributed by atoms with E-state index in [0.29, 0.717) is 12.0 Å². The van der Waals surface area contributed by atoms with Gasteiger partial charge in [-0.25, -0.2) is 4.39 Å². The van der Waals surface area contributed by atoms with Crippen LogP contribution < -0.4 is 0 Å². The molecule has 1 aromatic carbocycles. The molecule has 0 heterocycles. The van der Waals surface area contributed by atoms with Gasteiger partial charge in [-0.1, -0.05) is 37.6 Å². The largest absolute Gasteiger partial charge is 0.393 e. The molecule has 1 N–H and O–H groups in total. The summed E-state index contributed by atoms with van der Waals surface area (Å²) in [5.74, 6) is 0. The van der Waals surface area contributed by atoms with Gasteiger partial charge in [0, 0.05) is 0 Å². The van der Waals surface area contributed by atoms with Crippen molar-refractivity contribution < 1.29 is 9.50 Å². The topological polar surface area (TPSA) is 20.2 Å². The zero-order valence-corrected chi connectivity index (χ0v) is 9.41. The molecule has 0 radical (unpaired) electrons. The van der Waals surface area contributed by atoms with Gasteiger partial charge in [0.1, 0.15) is 6.17 Å². The Morgan fingerprint density at radius 3 is 2.73 bits per heavy atom. The molecule has 0 spiro atoms. The highest BCUT2D eigenvalue weighted by molar-refractivity contribution is 5.25. The second-order valence-electron chi connectivity index (χ2n) is 4.01. The van der Waals surface area contributed by atoms with Crippen molar-refractivity contribution in [3.63, 3.8) is 0 Å². The maximum absolute atomic E-state index is 13.0. The van der Waals surface area contributed by atoms with Gasteiger partial charge in [0.2, 0.25) is 0 Å². The Kier molecular flexibility index (Phi) is 4.76. The number of aliphatic hydroxyl groups excluding tert-OH is 1. The van der Waals surface area contributed by atoms with Gasteiger partial charge in [-0.15, -0.1) is 0 Å². The lowest BCUT2D eigenvalue weighted by Crippen LogP contribution is -2.09. The summed E-state index contributed by atoms with van der Waals surface area (Å²) in [6.07, 6.45) is 1.15. The fraction of sp³-hybridized carbons (Fsp3) is 0.538. The Bertz CT molecular complexity index is 296. The Morgan fingerprint density at radius 2 is 2.13 bits per heavy atom. The van der Waals surface area contributed by atoms with Gasteiger partial charge >= 0.3 is 0 Å². The number of halogens is 1. The lowest BCUT2D eigenvalue weighted by Gasteiger charge is -2.10. The van der Waals surface area contributed by atoms with E-state index in [2.05, 4.69) is 0 Å². The van der Waals surface area contributed by atoms with Gasteiger partial charge in [0.15, 0.2) is 0 Å². The van der Waals surface area contributed by atoms with Gasteiger partial charge in [-0.3, -0.25) is 0 Å². The minimum Gasteiger partial charge on any atom is -0.393 e. The van der Waals surface area contributed by atoms with E-state index < -0.39 is 6.17 Å². The first-order valence-corrected chi connectivity index (χ1v) is 5.54. The summed E-state index contributed by atoms with van der Waals surface area (Å²) >= 11 is 0. The molecule has 1 unspecified atom stereocenters. The van der Waals surface area contributed by atoms with Gasteiger partial charge in [-0.05, 0) is 30.9 Å². The standard InChI is InChI=1S/C13H19FO/c1-3-5-13(15)9-11-6-4-7-12(8-11)10(2)14/h4,6-8,10,13,15H,3,5,9H2,1-2H3/t10?,13-/m0/s1. The van der Waals surface area contributed by atoms with Crippen LogP contribution in [0.4, 0.5) is 4.39 Å². The lowest BCUT2D eigenvalue weighted by atomic mass is 10.0. The number of hydrogen-bond donors (Lipinski definition) is 1. The zero-order chi connectivity index (χ0) is 11.3. The maximum atomic E-state index is 13.0. The predicted octanol–water partition coefficient (Wildman–Crippen LogP) is 3.42. The van der Waals surface area contributed by atoms with E-state index in [-0.39, 0.29) is 6.10 Å². The van der Waals surface area contributed by atoms with Gasteiger partial charge in [0.25, 0.3) is 0 Å². The molecule has 1 aromatic rings. The molecule has 1 rings (SSSR count). The summed E-state index contributed by atoms with van der Waals surface area (Å²) < 4.78 is 13.0. The predicted molar refractivity (Wildman–Crippen MR) is 60.6 cm³/mol. The first-order chi connectivity index (χ1) is 7.13. The summed E-state index contributed by atoms with van der Waals surface area (Å²) in [4.78, 5) is 0. The van der Waals surface area contributed by atoms with Crippen molar-refractivity contribution in [2.75, 3.05) is 0 Å². The molecule has 1 nitrogen and oxygen atoms in total. The van der Waals surface area contributed by atoms with Crippen molar-refractivity contribution in [1.29, 1.82) is 0 Å². The minimum atomic E-state index is -0.937. The number of aliphatic hydroxyl groups is 1. The van der Waals surface area contributed by atoms with Crippen LogP contribution in [0.25, 0.3) is 0 Å². The molecule has 15 heavy (non-hydrogen) atoms. The Balaban J connectivity index is 2.65. The zero-order valence-electron chi connectivity index (χ0n) is 9.41. The molecular weight excluding hydrogens is 191 g/mol. The summed E-state index contributed by atoms with van der Waals surface area (Å²) in [5.41, 5.74) is 1.70. The van der Waals surface area contributed by atoms with Gasteiger partial charge < -0.3 is 5.11 Å². The van der Waals surface area contributed by atoms with Crippen molar-refractivity contribution in [2.24, 2.45) is 0 Å². The molecule has 0 bridgehead atoms.